The van der Waals surface area contributed by atoms with Crippen LogP contribution in [0, 0.1) is 6.92 Å². The van der Waals surface area contributed by atoms with Crippen LogP contribution in [0.2, 0.25) is 0 Å². The monoisotopic (exact) mass is 166 g/mol. The first-order valence-corrected chi connectivity index (χ1v) is 4.06. The Morgan fingerprint density at radius 1 is 1.42 bits per heavy atom. The first-order valence-electron chi connectivity index (χ1n) is 4.06. The minimum absolute atomic E-state index is 0.310. The molecule has 0 aliphatic rings. The maximum absolute atomic E-state index is 9.22. The van der Waals surface area contributed by atoms with Crippen LogP contribution in [0.4, 0.5) is 0 Å². The van der Waals surface area contributed by atoms with Crippen molar-refractivity contribution in [2.45, 2.75) is 26.4 Å². The van der Waals surface area contributed by atoms with Crippen molar-refractivity contribution in [3.8, 4) is 5.75 Å². The lowest BCUT2D eigenvalue weighted by molar-refractivity contribution is 0.195. The predicted octanol–water partition coefficient (Wildman–Crippen LogP) is 1.62. The van der Waals surface area contributed by atoms with Gasteiger partial charge in [0.05, 0.1) is 6.10 Å². The van der Waals surface area contributed by atoms with Gasteiger partial charge in [0.15, 0.2) is 0 Å². The SMILES string of the molecule is Cc1cc(CC(C)O)ccc1O. The molecule has 0 radical (unpaired) electrons. The van der Waals surface area contributed by atoms with Crippen LogP contribution in [0.5, 0.6) is 5.75 Å². The molecule has 66 valence electrons. The van der Waals surface area contributed by atoms with Crippen LogP contribution < -0.4 is 0 Å². The minimum atomic E-state index is -0.325. The zero-order valence-electron chi connectivity index (χ0n) is 7.41. The van der Waals surface area contributed by atoms with E-state index in [1.807, 2.05) is 19.1 Å². The van der Waals surface area contributed by atoms with Gasteiger partial charge in [0.2, 0.25) is 0 Å². The van der Waals surface area contributed by atoms with Crippen molar-refractivity contribution in [1.82, 2.24) is 0 Å². The first kappa shape index (κ1) is 9.07. The Morgan fingerprint density at radius 2 is 2.08 bits per heavy atom. The van der Waals surface area contributed by atoms with E-state index in [1.165, 1.54) is 0 Å². The van der Waals surface area contributed by atoms with Gasteiger partial charge in [0.1, 0.15) is 5.75 Å². The van der Waals surface area contributed by atoms with Crippen molar-refractivity contribution in [3.05, 3.63) is 29.3 Å². The summed E-state index contributed by atoms with van der Waals surface area (Å²) in [5.74, 6) is 0.310. The Hall–Kier alpha value is -1.02. The molecule has 0 spiro atoms. The number of phenols is 1. The number of aliphatic hydroxyl groups excluding tert-OH is 1. The van der Waals surface area contributed by atoms with Crippen LogP contribution in [0.1, 0.15) is 18.1 Å². The Morgan fingerprint density at radius 3 is 2.58 bits per heavy atom. The molecule has 1 aromatic rings. The molecule has 2 N–H and O–H groups in total. The van der Waals surface area contributed by atoms with Crippen LogP contribution in [-0.2, 0) is 6.42 Å². The van der Waals surface area contributed by atoms with E-state index in [-0.39, 0.29) is 6.10 Å². The third-order valence-electron chi connectivity index (χ3n) is 1.79. The number of rotatable bonds is 2. The van der Waals surface area contributed by atoms with E-state index in [0.29, 0.717) is 12.2 Å². The average Bonchev–Trinajstić information content (AvgIpc) is 1.96. The molecule has 0 aliphatic carbocycles. The fourth-order valence-corrected chi connectivity index (χ4v) is 1.19. The van der Waals surface area contributed by atoms with Crippen molar-refractivity contribution in [2.24, 2.45) is 0 Å². The summed E-state index contributed by atoms with van der Waals surface area (Å²) in [6, 6.07) is 5.38. The van der Waals surface area contributed by atoms with Gasteiger partial charge in [-0.05, 0) is 37.5 Å². The van der Waals surface area contributed by atoms with Gasteiger partial charge in [-0.25, -0.2) is 0 Å². The van der Waals surface area contributed by atoms with Crippen LogP contribution in [0.15, 0.2) is 18.2 Å². The summed E-state index contributed by atoms with van der Waals surface area (Å²) in [7, 11) is 0. The zero-order valence-corrected chi connectivity index (χ0v) is 7.41. The summed E-state index contributed by atoms with van der Waals surface area (Å²) in [4.78, 5) is 0. The molecule has 1 atom stereocenters. The molecular weight excluding hydrogens is 152 g/mol. The predicted molar refractivity (Wildman–Crippen MR) is 48.2 cm³/mol. The van der Waals surface area contributed by atoms with Crippen molar-refractivity contribution < 1.29 is 10.2 Å². The summed E-state index contributed by atoms with van der Waals surface area (Å²) in [5, 5.41) is 18.3. The maximum Gasteiger partial charge on any atom is 0.118 e. The van der Waals surface area contributed by atoms with Gasteiger partial charge in [-0.3, -0.25) is 0 Å². The Kier molecular flexibility index (Phi) is 2.71. The molecule has 1 aromatic carbocycles. The average molecular weight is 166 g/mol. The van der Waals surface area contributed by atoms with Crippen molar-refractivity contribution >= 4 is 0 Å². The van der Waals surface area contributed by atoms with Crippen LogP contribution in [-0.4, -0.2) is 16.3 Å². The zero-order chi connectivity index (χ0) is 9.14. The van der Waals surface area contributed by atoms with Gasteiger partial charge in [-0.15, -0.1) is 0 Å². The molecule has 0 amide bonds. The lowest BCUT2D eigenvalue weighted by Gasteiger charge is -2.05. The highest BCUT2D eigenvalue weighted by Crippen LogP contribution is 2.17. The second-order valence-corrected chi connectivity index (χ2v) is 3.17. The highest BCUT2D eigenvalue weighted by atomic mass is 16.3. The second kappa shape index (κ2) is 3.59. The largest absolute Gasteiger partial charge is 0.508 e. The molecule has 1 unspecified atom stereocenters. The normalized spacial score (nSPS) is 12.9. The van der Waals surface area contributed by atoms with Gasteiger partial charge in [-0.2, -0.15) is 0 Å². The van der Waals surface area contributed by atoms with E-state index in [1.54, 1.807) is 13.0 Å². The van der Waals surface area contributed by atoms with Gasteiger partial charge in [0.25, 0.3) is 0 Å². The third-order valence-corrected chi connectivity index (χ3v) is 1.79. The van der Waals surface area contributed by atoms with Crippen molar-refractivity contribution in [1.29, 1.82) is 0 Å². The quantitative estimate of drug-likeness (QED) is 0.701. The van der Waals surface area contributed by atoms with Crippen LogP contribution in [0.3, 0.4) is 0 Å². The molecule has 1 rings (SSSR count). The third kappa shape index (κ3) is 2.24. The van der Waals surface area contributed by atoms with Gasteiger partial charge in [0, 0.05) is 0 Å². The molecule has 0 aromatic heterocycles. The summed E-state index contributed by atoms with van der Waals surface area (Å²) in [6.07, 6.45) is 0.315. The summed E-state index contributed by atoms with van der Waals surface area (Å²) in [5.41, 5.74) is 1.91. The van der Waals surface area contributed by atoms with Crippen molar-refractivity contribution in [3.63, 3.8) is 0 Å². The molecule has 0 fully saturated rings. The number of hydrogen-bond donors (Lipinski definition) is 2. The van der Waals surface area contributed by atoms with E-state index in [9.17, 15) is 5.11 Å². The topological polar surface area (TPSA) is 40.5 Å². The Labute approximate surface area is 72.5 Å². The van der Waals surface area contributed by atoms with E-state index in [4.69, 9.17) is 5.11 Å². The smallest absolute Gasteiger partial charge is 0.118 e. The Bertz CT molecular complexity index is 267. The molecular formula is C10H14O2. The van der Waals surface area contributed by atoms with Crippen molar-refractivity contribution in [2.75, 3.05) is 0 Å². The number of hydrogen-bond acceptors (Lipinski definition) is 2. The van der Waals surface area contributed by atoms with E-state index < -0.39 is 0 Å². The van der Waals surface area contributed by atoms with Gasteiger partial charge >= 0.3 is 0 Å². The van der Waals surface area contributed by atoms with E-state index in [0.717, 1.165) is 11.1 Å². The highest BCUT2D eigenvalue weighted by Gasteiger charge is 2.01. The molecule has 0 aliphatic heterocycles. The minimum Gasteiger partial charge on any atom is -0.508 e. The molecule has 0 saturated heterocycles. The molecule has 12 heavy (non-hydrogen) atoms. The second-order valence-electron chi connectivity index (χ2n) is 3.17. The first-order chi connectivity index (χ1) is 5.59. The standard InChI is InChI=1S/C10H14O2/c1-7-5-9(6-8(2)11)3-4-10(7)12/h3-5,8,11-12H,6H2,1-2H3. The van der Waals surface area contributed by atoms with Crippen LogP contribution >= 0.6 is 0 Å². The fourth-order valence-electron chi connectivity index (χ4n) is 1.19. The Balaban J connectivity index is 2.82. The van der Waals surface area contributed by atoms with Gasteiger partial charge in [-0.1, -0.05) is 12.1 Å². The number of aromatic hydroxyl groups is 1. The maximum atomic E-state index is 9.22. The molecule has 0 heterocycles. The summed E-state index contributed by atoms with van der Waals surface area (Å²) >= 11 is 0. The summed E-state index contributed by atoms with van der Waals surface area (Å²) in [6.45, 7) is 3.60. The fraction of sp³-hybridized carbons (Fsp3) is 0.400. The van der Waals surface area contributed by atoms with E-state index >= 15 is 0 Å². The molecule has 0 bridgehead atoms. The number of aliphatic hydroxyl groups is 1. The lowest BCUT2D eigenvalue weighted by atomic mass is 10.1. The van der Waals surface area contributed by atoms with Gasteiger partial charge < -0.3 is 10.2 Å². The number of benzene rings is 1. The molecule has 2 heteroatoms. The number of phenolic OH excluding ortho intramolecular Hbond substituents is 1. The highest BCUT2D eigenvalue weighted by molar-refractivity contribution is 5.35. The summed E-state index contributed by atoms with van der Waals surface area (Å²) < 4.78 is 0. The number of aryl methyl sites for hydroxylation is 1. The molecule has 0 saturated carbocycles. The molecule has 2 nitrogen and oxygen atoms in total. The van der Waals surface area contributed by atoms with E-state index in [2.05, 4.69) is 0 Å². The lowest BCUT2D eigenvalue weighted by Crippen LogP contribution is -2.03. The van der Waals surface area contributed by atoms with Crippen LogP contribution in [0.25, 0.3) is 0 Å².